The van der Waals surface area contributed by atoms with Crippen LogP contribution in [0.5, 0.6) is 0 Å². The van der Waals surface area contributed by atoms with Gasteiger partial charge in [-0.15, -0.1) is 0 Å². The highest BCUT2D eigenvalue weighted by Crippen LogP contribution is 2.26. The molecule has 94 valence electrons. The molecule has 19 heavy (non-hydrogen) atoms. The molecule has 1 aromatic carbocycles. The van der Waals surface area contributed by atoms with E-state index in [2.05, 4.69) is 15.1 Å². The molecule has 0 spiro atoms. The maximum absolute atomic E-state index is 5.94. The number of anilines is 1. The van der Waals surface area contributed by atoms with Crippen molar-refractivity contribution in [1.82, 2.24) is 15.1 Å². The van der Waals surface area contributed by atoms with Crippen LogP contribution in [0.15, 0.2) is 47.1 Å². The van der Waals surface area contributed by atoms with E-state index in [1.54, 1.807) is 30.5 Å². The highest BCUT2D eigenvalue weighted by atomic mass is 35.5. The fourth-order valence-corrected chi connectivity index (χ4v) is 1.92. The quantitative estimate of drug-likeness (QED) is 0.726. The molecule has 2 heterocycles. The zero-order chi connectivity index (χ0) is 13.2. The number of halogens is 1. The number of nitrogens with zero attached hydrogens (tertiary/aromatic N) is 3. The molecule has 0 atom stereocenters. The van der Waals surface area contributed by atoms with E-state index in [0.29, 0.717) is 33.7 Å². The molecule has 3 aromatic rings. The Morgan fingerprint density at radius 3 is 2.79 bits per heavy atom. The number of hydrogen-bond acceptors (Lipinski definition) is 5. The van der Waals surface area contributed by atoms with Crippen molar-refractivity contribution in [1.29, 1.82) is 0 Å². The van der Waals surface area contributed by atoms with Crippen LogP contribution in [0.1, 0.15) is 0 Å². The zero-order valence-corrected chi connectivity index (χ0v) is 10.5. The van der Waals surface area contributed by atoms with Gasteiger partial charge in [-0.1, -0.05) is 22.8 Å². The predicted molar refractivity (Wildman–Crippen MR) is 72.4 cm³/mol. The lowest BCUT2D eigenvalue weighted by Gasteiger charge is -1.98. The molecule has 6 heteroatoms. The summed E-state index contributed by atoms with van der Waals surface area (Å²) >= 11 is 5.94. The molecule has 0 saturated carbocycles. The molecular formula is C13H9ClN4O. The first-order chi connectivity index (χ1) is 9.22. The average Bonchev–Trinajstić information content (AvgIpc) is 2.88. The summed E-state index contributed by atoms with van der Waals surface area (Å²) in [7, 11) is 0. The van der Waals surface area contributed by atoms with Crippen LogP contribution in [0, 0.1) is 0 Å². The number of pyridine rings is 1. The van der Waals surface area contributed by atoms with E-state index in [-0.39, 0.29) is 0 Å². The van der Waals surface area contributed by atoms with Crippen molar-refractivity contribution in [3.63, 3.8) is 0 Å². The van der Waals surface area contributed by atoms with Gasteiger partial charge in [-0.2, -0.15) is 4.98 Å². The lowest BCUT2D eigenvalue weighted by Crippen LogP contribution is -1.87. The SMILES string of the molecule is Nc1cc(Cl)cc(-c2nc(-c3ccccn3)no2)c1. The molecule has 0 aliphatic heterocycles. The Morgan fingerprint density at radius 1 is 1.16 bits per heavy atom. The standard InChI is InChI=1S/C13H9ClN4O/c14-9-5-8(6-10(15)7-9)13-17-12(18-19-13)11-3-1-2-4-16-11/h1-7H,15H2. The molecule has 2 aromatic heterocycles. The zero-order valence-electron chi connectivity index (χ0n) is 9.75. The maximum Gasteiger partial charge on any atom is 0.258 e. The van der Waals surface area contributed by atoms with Crippen LogP contribution in [-0.2, 0) is 0 Å². The monoisotopic (exact) mass is 272 g/mol. The lowest BCUT2D eigenvalue weighted by molar-refractivity contribution is 0.432. The second-order valence-corrected chi connectivity index (χ2v) is 4.35. The summed E-state index contributed by atoms with van der Waals surface area (Å²) in [5.74, 6) is 0.781. The topological polar surface area (TPSA) is 77.8 Å². The smallest absolute Gasteiger partial charge is 0.258 e. The van der Waals surface area contributed by atoms with E-state index >= 15 is 0 Å². The van der Waals surface area contributed by atoms with Gasteiger partial charge in [0.1, 0.15) is 5.69 Å². The summed E-state index contributed by atoms with van der Waals surface area (Å²) in [4.78, 5) is 8.43. The summed E-state index contributed by atoms with van der Waals surface area (Å²) in [5, 5.41) is 4.41. The van der Waals surface area contributed by atoms with Crippen molar-refractivity contribution in [2.24, 2.45) is 0 Å². The van der Waals surface area contributed by atoms with Gasteiger partial charge in [0.25, 0.3) is 5.89 Å². The number of hydrogen-bond donors (Lipinski definition) is 1. The summed E-state index contributed by atoms with van der Waals surface area (Å²) in [6, 6.07) is 10.6. The van der Waals surface area contributed by atoms with Crippen molar-refractivity contribution in [2.75, 3.05) is 5.73 Å². The van der Waals surface area contributed by atoms with Gasteiger partial charge in [-0.05, 0) is 30.3 Å². The molecular weight excluding hydrogens is 264 g/mol. The van der Waals surface area contributed by atoms with Crippen LogP contribution in [0.25, 0.3) is 23.0 Å². The molecule has 0 radical (unpaired) electrons. The fourth-order valence-electron chi connectivity index (χ4n) is 1.68. The van der Waals surface area contributed by atoms with Crippen LogP contribution in [0.4, 0.5) is 5.69 Å². The van der Waals surface area contributed by atoms with Crippen LogP contribution >= 0.6 is 11.6 Å². The third kappa shape index (κ3) is 2.41. The molecule has 0 saturated heterocycles. The number of benzene rings is 1. The molecule has 0 bridgehead atoms. The summed E-state index contributed by atoms with van der Waals surface area (Å²) < 4.78 is 5.20. The van der Waals surface area contributed by atoms with E-state index in [0.717, 1.165) is 0 Å². The molecule has 0 amide bonds. The first kappa shape index (κ1) is 11.7. The Balaban J connectivity index is 2.02. The lowest BCUT2D eigenvalue weighted by atomic mass is 10.2. The van der Waals surface area contributed by atoms with Gasteiger partial charge in [-0.25, -0.2) is 0 Å². The van der Waals surface area contributed by atoms with Crippen molar-refractivity contribution >= 4 is 17.3 Å². The Morgan fingerprint density at radius 2 is 2.05 bits per heavy atom. The Labute approximate surface area is 114 Å². The van der Waals surface area contributed by atoms with Crippen molar-refractivity contribution in [3.8, 4) is 23.0 Å². The van der Waals surface area contributed by atoms with Gasteiger partial charge in [0.2, 0.25) is 5.82 Å². The van der Waals surface area contributed by atoms with E-state index in [1.165, 1.54) is 0 Å². The van der Waals surface area contributed by atoms with Crippen molar-refractivity contribution in [3.05, 3.63) is 47.6 Å². The third-order valence-electron chi connectivity index (χ3n) is 2.49. The van der Waals surface area contributed by atoms with E-state index in [9.17, 15) is 0 Å². The van der Waals surface area contributed by atoms with E-state index in [1.807, 2.05) is 12.1 Å². The Bertz CT molecular complexity index is 691. The number of nitrogens with two attached hydrogens (primary N) is 1. The second-order valence-electron chi connectivity index (χ2n) is 3.91. The number of rotatable bonds is 2. The summed E-state index contributed by atoms with van der Waals surface area (Å²) in [6.45, 7) is 0. The Kier molecular flexibility index (Phi) is 2.89. The van der Waals surface area contributed by atoms with Gasteiger partial charge in [0.15, 0.2) is 0 Å². The fraction of sp³-hybridized carbons (Fsp3) is 0. The average molecular weight is 273 g/mol. The van der Waals surface area contributed by atoms with E-state index < -0.39 is 0 Å². The minimum absolute atomic E-state index is 0.356. The highest BCUT2D eigenvalue weighted by molar-refractivity contribution is 6.31. The molecule has 0 aliphatic rings. The first-order valence-electron chi connectivity index (χ1n) is 5.54. The minimum atomic E-state index is 0.356. The van der Waals surface area contributed by atoms with Crippen LogP contribution in [-0.4, -0.2) is 15.1 Å². The predicted octanol–water partition coefficient (Wildman–Crippen LogP) is 3.03. The molecule has 3 rings (SSSR count). The first-order valence-corrected chi connectivity index (χ1v) is 5.92. The molecule has 0 unspecified atom stereocenters. The summed E-state index contributed by atoms with van der Waals surface area (Å²) in [5.41, 5.74) is 7.60. The van der Waals surface area contributed by atoms with Gasteiger partial charge >= 0.3 is 0 Å². The van der Waals surface area contributed by atoms with E-state index in [4.69, 9.17) is 21.9 Å². The summed E-state index contributed by atoms with van der Waals surface area (Å²) in [6.07, 6.45) is 1.67. The highest BCUT2D eigenvalue weighted by Gasteiger charge is 2.12. The Hall–Kier alpha value is -2.40. The van der Waals surface area contributed by atoms with Crippen molar-refractivity contribution < 1.29 is 4.52 Å². The third-order valence-corrected chi connectivity index (χ3v) is 2.71. The van der Waals surface area contributed by atoms with Crippen molar-refractivity contribution in [2.45, 2.75) is 0 Å². The van der Waals surface area contributed by atoms with Gasteiger partial charge < -0.3 is 10.3 Å². The van der Waals surface area contributed by atoms with Gasteiger partial charge in [-0.3, -0.25) is 4.98 Å². The van der Waals surface area contributed by atoms with Crippen LogP contribution in [0.2, 0.25) is 5.02 Å². The number of nitrogen functional groups attached to an aromatic ring is 1. The molecule has 0 fully saturated rings. The number of aromatic nitrogens is 3. The van der Waals surface area contributed by atoms with Gasteiger partial charge in [0.05, 0.1) is 0 Å². The minimum Gasteiger partial charge on any atom is -0.399 e. The second kappa shape index (κ2) is 4.70. The molecule has 0 aliphatic carbocycles. The van der Waals surface area contributed by atoms with Crippen LogP contribution < -0.4 is 5.73 Å². The maximum atomic E-state index is 5.94. The molecule has 2 N–H and O–H groups in total. The van der Waals surface area contributed by atoms with Crippen LogP contribution in [0.3, 0.4) is 0 Å². The largest absolute Gasteiger partial charge is 0.399 e. The normalized spacial score (nSPS) is 10.6. The molecule has 5 nitrogen and oxygen atoms in total. The van der Waals surface area contributed by atoms with Gasteiger partial charge in [0, 0.05) is 22.5 Å².